The Morgan fingerprint density at radius 2 is 1.77 bits per heavy atom. The number of halogens is 1. The van der Waals surface area contributed by atoms with E-state index in [1.807, 2.05) is 0 Å². The Hall–Kier alpha value is -3.68. The van der Waals surface area contributed by atoms with Gasteiger partial charge in [-0.05, 0) is 48.9 Å². The zero-order valence-corrected chi connectivity index (χ0v) is 16.7. The number of carbonyl (C=O) groups is 1. The maximum Gasteiger partial charge on any atom is 0.254 e. The van der Waals surface area contributed by atoms with Gasteiger partial charge in [-0.15, -0.1) is 0 Å². The summed E-state index contributed by atoms with van der Waals surface area (Å²) in [6.45, 7) is 1.76. The summed E-state index contributed by atoms with van der Waals surface area (Å²) in [4.78, 5) is 29.1. The van der Waals surface area contributed by atoms with Crippen LogP contribution in [0.4, 0.5) is 4.39 Å². The molecule has 30 heavy (non-hydrogen) atoms. The molecule has 0 atom stereocenters. The molecule has 2 aromatic carbocycles. The Morgan fingerprint density at radius 1 is 1.10 bits per heavy atom. The second-order valence-corrected chi connectivity index (χ2v) is 6.61. The van der Waals surface area contributed by atoms with E-state index in [1.54, 1.807) is 50.4 Å². The van der Waals surface area contributed by atoms with Crippen molar-refractivity contribution in [3.05, 3.63) is 87.9 Å². The maximum absolute atomic E-state index is 13.0. The van der Waals surface area contributed by atoms with Gasteiger partial charge >= 0.3 is 0 Å². The van der Waals surface area contributed by atoms with E-state index >= 15 is 0 Å². The highest BCUT2D eigenvalue weighted by atomic mass is 19.1. The van der Waals surface area contributed by atoms with Crippen LogP contribution in [0, 0.1) is 12.7 Å². The second kappa shape index (κ2) is 9.69. The molecule has 8 heteroatoms. The summed E-state index contributed by atoms with van der Waals surface area (Å²) >= 11 is 0. The minimum atomic E-state index is -0.363. The summed E-state index contributed by atoms with van der Waals surface area (Å²) in [6, 6.07) is 14.2. The zero-order chi connectivity index (χ0) is 21.5. The van der Waals surface area contributed by atoms with Crippen LogP contribution in [0.5, 0.6) is 11.5 Å². The molecule has 1 amide bonds. The first-order valence-electron chi connectivity index (χ1n) is 9.30. The van der Waals surface area contributed by atoms with Gasteiger partial charge in [-0.25, -0.2) is 9.37 Å². The SMILES string of the molecule is COc1ccc(OCc2nc(C)cc(=O)n2CC(=O)NCc2ccc(F)cc2)cc1. The van der Waals surface area contributed by atoms with E-state index in [2.05, 4.69) is 10.3 Å². The van der Waals surface area contributed by atoms with E-state index in [0.717, 1.165) is 5.56 Å². The molecule has 0 saturated heterocycles. The van der Waals surface area contributed by atoms with Crippen molar-refractivity contribution < 1.29 is 18.7 Å². The smallest absolute Gasteiger partial charge is 0.254 e. The molecule has 0 aliphatic heterocycles. The minimum Gasteiger partial charge on any atom is -0.497 e. The van der Waals surface area contributed by atoms with Gasteiger partial charge in [-0.3, -0.25) is 14.2 Å². The number of benzene rings is 2. The molecule has 0 fully saturated rings. The van der Waals surface area contributed by atoms with Crippen LogP contribution >= 0.6 is 0 Å². The fourth-order valence-electron chi connectivity index (χ4n) is 2.78. The van der Waals surface area contributed by atoms with Crippen molar-refractivity contribution in [3.63, 3.8) is 0 Å². The van der Waals surface area contributed by atoms with Gasteiger partial charge in [-0.1, -0.05) is 12.1 Å². The fraction of sp³-hybridized carbons (Fsp3) is 0.227. The van der Waals surface area contributed by atoms with Crippen LogP contribution in [0.2, 0.25) is 0 Å². The van der Waals surface area contributed by atoms with E-state index in [4.69, 9.17) is 9.47 Å². The molecule has 1 aromatic heterocycles. The molecule has 0 saturated carbocycles. The van der Waals surface area contributed by atoms with Crippen molar-refractivity contribution in [3.8, 4) is 11.5 Å². The molecule has 0 aliphatic rings. The third kappa shape index (κ3) is 5.66. The first-order valence-corrected chi connectivity index (χ1v) is 9.30. The van der Waals surface area contributed by atoms with E-state index < -0.39 is 0 Å². The molecule has 0 spiro atoms. The molecule has 1 heterocycles. The lowest BCUT2D eigenvalue weighted by atomic mass is 10.2. The number of aryl methyl sites for hydroxylation is 1. The summed E-state index contributed by atoms with van der Waals surface area (Å²) < 4.78 is 25.1. The third-order valence-corrected chi connectivity index (χ3v) is 4.35. The van der Waals surface area contributed by atoms with Crippen LogP contribution in [-0.4, -0.2) is 22.6 Å². The molecule has 7 nitrogen and oxygen atoms in total. The predicted octanol–water partition coefficient (Wildman–Crippen LogP) is 2.59. The standard InChI is InChI=1S/C22H22FN3O4/c1-15-11-22(28)26(13-21(27)24-12-16-3-5-17(23)6-4-16)20(25-15)14-30-19-9-7-18(29-2)8-10-19/h3-11H,12-14H2,1-2H3,(H,24,27). The summed E-state index contributed by atoms with van der Waals surface area (Å²) in [6.07, 6.45) is 0. The molecule has 3 aromatic rings. The van der Waals surface area contributed by atoms with Gasteiger partial charge in [0.05, 0.1) is 7.11 Å². The number of nitrogens with zero attached hydrogens (tertiary/aromatic N) is 2. The first-order chi connectivity index (χ1) is 14.4. The molecular weight excluding hydrogens is 389 g/mol. The van der Waals surface area contributed by atoms with Crippen LogP contribution in [0.25, 0.3) is 0 Å². The summed E-state index contributed by atoms with van der Waals surface area (Å²) in [5, 5.41) is 2.72. The maximum atomic E-state index is 13.0. The summed E-state index contributed by atoms with van der Waals surface area (Å²) in [7, 11) is 1.58. The van der Waals surface area contributed by atoms with Crippen molar-refractivity contribution in [1.29, 1.82) is 0 Å². The van der Waals surface area contributed by atoms with E-state index in [9.17, 15) is 14.0 Å². The monoisotopic (exact) mass is 411 g/mol. The molecule has 0 aliphatic carbocycles. The van der Waals surface area contributed by atoms with Gasteiger partial charge in [-0.2, -0.15) is 0 Å². The quantitative estimate of drug-likeness (QED) is 0.616. The number of nitrogens with one attached hydrogen (secondary N) is 1. The van der Waals surface area contributed by atoms with Crippen molar-refractivity contribution in [2.75, 3.05) is 7.11 Å². The second-order valence-electron chi connectivity index (χ2n) is 6.61. The lowest BCUT2D eigenvalue weighted by molar-refractivity contribution is -0.121. The van der Waals surface area contributed by atoms with Crippen LogP contribution < -0.4 is 20.3 Å². The number of rotatable bonds is 8. The zero-order valence-electron chi connectivity index (χ0n) is 16.7. The third-order valence-electron chi connectivity index (χ3n) is 4.35. The lowest BCUT2D eigenvalue weighted by Gasteiger charge is -2.14. The number of aromatic nitrogens is 2. The van der Waals surface area contributed by atoms with Crippen LogP contribution in [-0.2, 0) is 24.5 Å². The van der Waals surface area contributed by atoms with Gasteiger partial charge in [0.15, 0.2) is 0 Å². The predicted molar refractivity (Wildman–Crippen MR) is 109 cm³/mol. The average molecular weight is 411 g/mol. The minimum absolute atomic E-state index is 0.0223. The number of ether oxygens (including phenoxy) is 2. The molecule has 1 N–H and O–H groups in total. The van der Waals surface area contributed by atoms with Crippen LogP contribution in [0.1, 0.15) is 17.1 Å². The van der Waals surface area contributed by atoms with Crippen molar-refractivity contribution in [1.82, 2.24) is 14.9 Å². The van der Waals surface area contributed by atoms with E-state index in [1.165, 1.54) is 22.8 Å². The van der Waals surface area contributed by atoms with Crippen molar-refractivity contribution >= 4 is 5.91 Å². The van der Waals surface area contributed by atoms with Gasteiger partial charge in [0.1, 0.15) is 36.3 Å². The van der Waals surface area contributed by atoms with Gasteiger partial charge < -0.3 is 14.8 Å². The van der Waals surface area contributed by atoms with E-state index in [0.29, 0.717) is 23.0 Å². The topological polar surface area (TPSA) is 82.5 Å². The fourth-order valence-corrected chi connectivity index (χ4v) is 2.78. The Kier molecular flexibility index (Phi) is 6.79. The molecule has 0 unspecified atom stereocenters. The molecule has 0 radical (unpaired) electrons. The van der Waals surface area contributed by atoms with E-state index in [-0.39, 0.29) is 37.0 Å². The van der Waals surface area contributed by atoms with Crippen LogP contribution in [0.15, 0.2) is 59.4 Å². The van der Waals surface area contributed by atoms with Crippen molar-refractivity contribution in [2.45, 2.75) is 26.6 Å². The highest BCUT2D eigenvalue weighted by Gasteiger charge is 2.12. The largest absolute Gasteiger partial charge is 0.497 e. The lowest BCUT2D eigenvalue weighted by Crippen LogP contribution is -2.34. The molecule has 3 rings (SSSR count). The summed E-state index contributed by atoms with van der Waals surface area (Å²) in [5.41, 5.74) is 0.950. The summed E-state index contributed by atoms with van der Waals surface area (Å²) in [5.74, 6) is 0.916. The highest BCUT2D eigenvalue weighted by molar-refractivity contribution is 5.75. The molecular formula is C22H22FN3O4. The van der Waals surface area contributed by atoms with Crippen molar-refractivity contribution in [2.24, 2.45) is 0 Å². The molecule has 0 bridgehead atoms. The number of amides is 1. The Balaban J connectivity index is 1.67. The number of carbonyl (C=O) groups excluding carboxylic acids is 1. The van der Waals surface area contributed by atoms with Gasteiger partial charge in [0.25, 0.3) is 5.56 Å². The van der Waals surface area contributed by atoms with Crippen LogP contribution in [0.3, 0.4) is 0 Å². The first kappa shape index (κ1) is 21.0. The number of methoxy groups -OCH3 is 1. The van der Waals surface area contributed by atoms with Gasteiger partial charge in [0.2, 0.25) is 5.91 Å². The normalized spacial score (nSPS) is 10.5. The Labute approximate surface area is 173 Å². The highest BCUT2D eigenvalue weighted by Crippen LogP contribution is 2.17. The Morgan fingerprint density at radius 3 is 2.43 bits per heavy atom. The number of hydrogen-bond donors (Lipinski definition) is 1. The number of hydrogen-bond acceptors (Lipinski definition) is 5. The Bertz CT molecular complexity index is 1060. The average Bonchev–Trinajstić information content (AvgIpc) is 2.74. The van der Waals surface area contributed by atoms with Gasteiger partial charge in [0, 0.05) is 18.3 Å². The molecule has 156 valence electrons.